The first-order valence-electron chi connectivity index (χ1n) is 16.9. The molecule has 4 nitrogen and oxygen atoms in total. The van der Waals surface area contributed by atoms with E-state index in [1.807, 2.05) is 0 Å². The van der Waals surface area contributed by atoms with Gasteiger partial charge in [0.2, 0.25) is 0 Å². The fourth-order valence-electron chi connectivity index (χ4n) is 5.49. The van der Waals surface area contributed by atoms with Crippen LogP contribution in [0.15, 0.2) is 146 Å². The number of carboxylic acids is 2. The van der Waals surface area contributed by atoms with Gasteiger partial charge in [0.15, 0.2) is 0 Å². The average molecular weight is 940 g/mol. The first-order valence-corrected chi connectivity index (χ1v) is 19.6. The Morgan fingerprint density at radius 2 is 0.556 bits per heavy atom. The van der Waals surface area contributed by atoms with Crippen molar-refractivity contribution in [2.24, 2.45) is 0 Å². The minimum absolute atomic E-state index is 0. The van der Waals surface area contributed by atoms with Crippen molar-refractivity contribution in [1.29, 1.82) is 0 Å². The second-order valence-corrected chi connectivity index (χ2v) is 16.3. The van der Waals surface area contributed by atoms with Crippen molar-refractivity contribution < 1.29 is 60.6 Å². The van der Waals surface area contributed by atoms with E-state index in [2.05, 4.69) is 187 Å². The molecule has 0 unspecified atom stereocenters. The molecule has 0 aliphatic heterocycles. The summed E-state index contributed by atoms with van der Waals surface area (Å²) in [6, 6.07) is 51.9. The molecule has 0 spiro atoms. The number of carbonyl (C=O) groups is 2. The summed E-state index contributed by atoms with van der Waals surface area (Å²) >= 11 is 0. The monoisotopic (exact) mass is 938 g/mol. The molecular weight excluding hydrogens is 891 g/mol. The van der Waals surface area contributed by atoms with Gasteiger partial charge in [0.1, 0.15) is 0 Å². The number of rotatable bonds is 6. The predicted octanol–water partition coefficient (Wildman–Crippen LogP) is 8.66. The molecule has 0 aliphatic carbocycles. The van der Waals surface area contributed by atoms with Gasteiger partial charge in [-0.15, -0.1) is 34.9 Å². The molecule has 0 amide bonds. The molecule has 6 rings (SSSR count). The van der Waals surface area contributed by atoms with Gasteiger partial charge in [-0.25, -0.2) is 0 Å². The van der Waals surface area contributed by atoms with Gasteiger partial charge in [-0.1, -0.05) is 125 Å². The Labute approximate surface area is 352 Å². The van der Waals surface area contributed by atoms with Crippen LogP contribution < -0.4 is 31.8 Å². The first-order chi connectivity index (χ1) is 24.8. The van der Waals surface area contributed by atoms with Crippen LogP contribution in [0.5, 0.6) is 0 Å². The van der Waals surface area contributed by atoms with E-state index in [1.54, 1.807) is 0 Å². The van der Waals surface area contributed by atoms with Crippen LogP contribution in [0.2, 0.25) is 0 Å². The topological polar surface area (TPSA) is 74.6 Å². The molecule has 0 atom stereocenters. The molecule has 54 heavy (non-hydrogen) atoms. The molecule has 288 valence electrons. The maximum atomic E-state index is 9.00. The van der Waals surface area contributed by atoms with Crippen LogP contribution in [0.25, 0.3) is 0 Å². The third-order valence-electron chi connectivity index (χ3n) is 7.89. The van der Waals surface area contributed by atoms with Crippen LogP contribution in [-0.2, 0) is 50.4 Å². The number of benzene rings is 6. The molecule has 0 aliphatic rings. The SMILES string of the molecule is CC(=O)O.CC(=O)O.[CH2-]c1ccccc1P(c1ccccc1C)c1ccccc1C.[CH2-]c1ccccc1P(c1ccccc1C)c1ccccc1C.[Pd].[Pd]. The summed E-state index contributed by atoms with van der Waals surface area (Å²) in [4.78, 5) is 18.0. The number of aryl methyl sites for hydroxylation is 4. The van der Waals surface area contributed by atoms with E-state index in [0.29, 0.717) is 0 Å². The van der Waals surface area contributed by atoms with Crippen molar-refractivity contribution in [2.45, 2.75) is 41.5 Å². The van der Waals surface area contributed by atoms with E-state index in [9.17, 15) is 0 Å². The number of hydrogen-bond donors (Lipinski definition) is 2. The third kappa shape index (κ3) is 14.4. The Balaban J connectivity index is 0.000000437. The van der Waals surface area contributed by atoms with Crippen LogP contribution >= 0.6 is 15.8 Å². The van der Waals surface area contributed by atoms with Gasteiger partial charge in [-0.3, -0.25) is 9.59 Å². The molecule has 0 saturated carbocycles. The second-order valence-electron chi connectivity index (χ2n) is 12.1. The van der Waals surface area contributed by atoms with Crippen molar-refractivity contribution in [3.8, 4) is 0 Å². The molecule has 6 aromatic rings. The van der Waals surface area contributed by atoms with Crippen molar-refractivity contribution in [3.05, 3.63) is 193 Å². The van der Waals surface area contributed by atoms with Crippen LogP contribution in [0.4, 0.5) is 0 Å². The molecular formula is C46H48O4P2Pd2-2. The van der Waals surface area contributed by atoms with Crippen LogP contribution in [0, 0.1) is 41.5 Å². The van der Waals surface area contributed by atoms with Gasteiger partial charge in [0, 0.05) is 54.7 Å². The summed E-state index contributed by atoms with van der Waals surface area (Å²) < 4.78 is 0. The molecule has 0 aromatic heterocycles. The summed E-state index contributed by atoms with van der Waals surface area (Å²) in [7, 11) is -1.14. The van der Waals surface area contributed by atoms with E-state index in [4.69, 9.17) is 19.8 Å². The molecule has 8 heteroatoms. The smallest absolute Gasteiger partial charge is 0.300 e. The van der Waals surface area contributed by atoms with Gasteiger partial charge >= 0.3 is 0 Å². The Morgan fingerprint density at radius 3 is 0.741 bits per heavy atom. The van der Waals surface area contributed by atoms with Crippen LogP contribution in [0.3, 0.4) is 0 Å². The summed E-state index contributed by atoms with van der Waals surface area (Å²) in [6.07, 6.45) is 0. The zero-order chi connectivity index (χ0) is 38.2. The summed E-state index contributed by atoms with van der Waals surface area (Å²) in [5.74, 6) is -1.67. The molecule has 0 saturated heterocycles. The minimum Gasteiger partial charge on any atom is -0.481 e. The number of aliphatic carboxylic acids is 2. The summed E-state index contributed by atoms with van der Waals surface area (Å²) in [5.41, 5.74) is 7.64. The van der Waals surface area contributed by atoms with Crippen LogP contribution in [-0.4, -0.2) is 22.2 Å². The predicted molar refractivity (Wildman–Crippen MR) is 225 cm³/mol. The average Bonchev–Trinajstić information content (AvgIpc) is 3.10. The zero-order valence-electron chi connectivity index (χ0n) is 31.5. The Kier molecular flexibility index (Phi) is 21.9. The van der Waals surface area contributed by atoms with E-state index in [1.165, 1.54) is 54.1 Å². The maximum Gasteiger partial charge on any atom is 0.300 e. The quantitative estimate of drug-likeness (QED) is 0.0997. The van der Waals surface area contributed by atoms with Gasteiger partial charge in [0.25, 0.3) is 11.9 Å². The number of carboxylic acid groups (broad SMARTS) is 2. The Hall–Kier alpha value is -3.82. The van der Waals surface area contributed by atoms with Crippen LogP contribution in [0.1, 0.15) is 47.2 Å². The third-order valence-corrected chi connectivity index (χ3v) is 13.7. The number of hydrogen-bond acceptors (Lipinski definition) is 2. The van der Waals surface area contributed by atoms with Gasteiger partial charge in [-0.05, 0) is 71.2 Å². The van der Waals surface area contributed by atoms with E-state index in [0.717, 1.165) is 25.0 Å². The van der Waals surface area contributed by atoms with Crippen molar-refractivity contribution >= 4 is 59.6 Å². The molecule has 6 aromatic carbocycles. The fourth-order valence-corrected chi connectivity index (χ4v) is 10.9. The zero-order valence-corrected chi connectivity index (χ0v) is 36.4. The van der Waals surface area contributed by atoms with Crippen molar-refractivity contribution in [3.63, 3.8) is 0 Å². The van der Waals surface area contributed by atoms with E-state index in [-0.39, 0.29) is 40.8 Å². The largest absolute Gasteiger partial charge is 0.481 e. The normalized spacial score (nSPS) is 9.78. The minimum atomic E-state index is -0.833. The van der Waals surface area contributed by atoms with Gasteiger partial charge < -0.3 is 10.2 Å². The van der Waals surface area contributed by atoms with E-state index < -0.39 is 27.8 Å². The summed E-state index contributed by atoms with van der Waals surface area (Å²) in [5, 5.41) is 23.2. The molecule has 0 heterocycles. The van der Waals surface area contributed by atoms with Crippen molar-refractivity contribution in [1.82, 2.24) is 0 Å². The van der Waals surface area contributed by atoms with Gasteiger partial charge in [-0.2, -0.15) is 37.1 Å². The molecule has 0 fully saturated rings. The maximum absolute atomic E-state index is 9.00. The molecule has 0 bridgehead atoms. The first kappa shape index (κ1) is 48.2. The fraction of sp³-hybridized carbons (Fsp3) is 0.130. The van der Waals surface area contributed by atoms with Gasteiger partial charge in [0.05, 0.1) is 0 Å². The van der Waals surface area contributed by atoms with Crippen molar-refractivity contribution in [2.75, 3.05) is 0 Å². The van der Waals surface area contributed by atoms with E-state index >= 15 is 0 Å². The Morgan fingerprint density at radius 1 is 0.389 bits per heavy atom. The second kappa shape index (κ2) is 24.6. The summed E-state index contributed by atoms with van der Waals surface area (Å²) in [6.45, 7) is 19.5. The molecule has 0 radical (unpaired) electrons. The standard InChI is InChI=1S/2C21H20P.2C2H4O2.2Pd/c2*1-16-10-4-7-13-19(16)22(20-14-8-5-11-17(20)2)21-15-9-6-12-18(21)3;2*1-2(3)4;;/h2*4-15H,1H2,2-3H3;2*1H3,(H,3,4);;/q2*-1;;;;. The molecule has 2 N–H and O–H groups in total. The Bertz CT molecular complexity index is 1710.